The summed E-state index contributed by atoms with van der Waals surface area (Å²) in [7, 11) is 0. The van der Waals surface area contributed by atoms with E-state index in [1.807, 2.05) is 6.19 Å². The highest BCUT2D eigenvalue weighted by atomic mass is 19.4. The molecule has 2 aliphatic rings. The van der Waals surface area contributed by atoms with E-state index in [9.17, 15) is 28.3 Å². The van der Waals surface area contributed by atoms with Gasteiger partial charge in [0.1, 0.15) is 6.04 Å². The number of aliphatic hydroxyl groups excluding tert-OH is 1. The number of carbonyl (C=O) groups is 2. The van der Waals surface area contributed by atoms with Gasteiger partial charge in [-0.2, -0.15) is 18.4 Å². The van der Waals surface area contributed by atoms with Crippen LogP contribution in [0.5, 0.6) is 0 Å². The third-order valence-corrected chi connectivity index (χ3v) is 4.69. The number of likely N-dealkylation sites (tertiary alicyclic amines) is 1. The molecule has 26 heavy (non-hydrogen) atoms. The van der Waals surface area contributed by atoms with Crippen molar-refractivity contribution in [3.8, 4) is 6.19 Å². The van der Waals surface area contributed by atoms with Crippen LogP contribution < -0.4 is 0 Å². The first-order valence-corrected chi connectivity index (χ1v) is 8.10. The molecule has 3 N–H and O–H groups in total. The molecule has 0 aromatic carbocycles. The van der Waals surface area contributed by atoms with E-state index in [4.69, 9.17) is 15.0 Å². The largest absolute Gasteiger partial charge is 0.490 e. The minimum atomic E-state index is -5.08. The van der Waals surface area contributed by atoms with Crippen molar-refractivity contribution in [2.24, 2.45) is 11.8 Å². The summed E-state index contributed by atoms with van der Waals surface area (Å²) in [5, 5.41) is 35.1. The molecule has 0 saturated carbocycles. The summed E-state index contributed by atoms with van der Waals surface area (Å²) in [5.74, 6) is -3.35. The van der Waals surface area contributed by atoms with Gasteiger partial charge in [-0.15, -0.1) is 0 Å². The first-order valence-electron chi connectivity index (χ1n) is 8.10. The average Bonchev–Trinajstić information content (AvgIpc) is 3.00. The van der Waals surface area contributed by atoms with Gasteiger partial charge in [0, 0.05) is 18.6 Å². The van der Waals surface area contributed by atoms with Gasteiger partial charge < -0.3 is 15.3 Å². The van der Waals surface area contributed by atoms with Gasteiger partial charge in [0.05, 0.1) is 0 Å². The van der Waals surface area contributed by atoms with E-state index in [-0.39, 0.29) is 18.6 Å². The zero-order valence-electron chi connectivity index (χ0n) is 13.9. The number of aliphatic carboxylic acids is 2. The van der Waals surface area contributed by atoms with Crippen LogP contribution in [-0.2, 0) is 9.59 Å². The Labute approximate surface area is 148 Å². The lowest BCUT2D eigenvalue weighted by molar-refractivity contribution is -0.192. The number of carboxylic acids is 2. The molecule has 0 aromatic rings. The Hall–Kier alpha value is -2.28. The monoisotopic (exact) mass is 378 g/mol. The number of rotatable bonds is 4. The fraction of sp³-hybridized carbons (Fsp3) is 0.688. The molecule has 7 nitrogen and oxygen atoms in total. The summed E-state index contributed by atoms with van der Waals surface area (Å²) in [6.45, 7) is 0.0215. The topological polar surface area (TPSA) is 122 Å². The fourth-order valence-corrected chi connectivity index (χ4v) is 3.44. The Balaban J connectivity index is 0.000000412. The van der Waals surface area contributed by atoms with Crippen LogP contribution in [0.4, 0.5) is 13.2 Å². The Morgan fingerprint density at radius 1 is 1.23 bits per heavy atom. The second-order valence-electron chi connectivity index (χ2n) is 6.20. The lowest BCUT2D eigenvalue weighted by atomic mass is 9.78. The molecule has 0 radical (unpaired) electrons. The molecule has 0 aromatic heterocycles. The number of alkyl halides is 3. The first-order chi connectivity index (χ1) is 12.1. The molecule has 1 fully saturated rings. The van der Waals surface area contributed by atoms with Crippen LogP contribution in [0.15, 0.2) is 12.2 Å². The number of nitrogens with zero attached hydrogens (tertiary/aromatic N) is 2. The van der Waals surface area contributed by atoms with Crippen LogP contribution in [0, 0.1) is 23.3 Å². The summed E-state index contributed by atoms with van der Waals surface area (Å²) < 4.78 is 31.7. The quantitative estimate of drug-likeness (QED) is 0.505. The number of hydrogen-bond acceptors (Lipinski definition) is 5. The Morgan fingerprint density at radius 2 is 1.85 bits per heavy atom. The van der Waals surface area contributed by atoms with Crippen LogP contribution >= 0.6 is 0 Å². The van der Waals surface area contributed by atoms with E-state index >= 15 is 0 Å². The van der Waals surface area contributed by atoms with Crippen molar-refractivity contribution in [1.29, 1.82) is 5.26 Å². The first kappa shape index (κ1) is 21.8. The maximum Gasteiger partial charge on any atom is 0.490 e. The molecule has 0 amide bonds. The predicted molar refractivity (Wildman–Crippen MR) is 82.6 cm³/mol. The van der Waals surface area contributed by atoms with Gasteiger partial charge in [0.15, 0.2) is 6.19 Å². The summed E-state index contributed by atoms with van der Waals surface area (Å²) in [4.78, 5) is 21.4. The van der Waals surface area contributed by atoms with E-state index in [1.54, 1.807) is 0 Å². The van der Waals surface area contributed by atoms with E-state index in [0.717, 1.165) is 19.3 Å². The normalized spacial score (nSPS) is 26.4. The highest BCUT2D eigenvalue weighted by molar-refractivity contribution is 5.74. The SMILES string of the molecule is N#CN1C(C(=O)O)CCC1C(CO)C1CC=CCC1.O=C(O)C(F)(F)F. The molecular weight excluding hydrogens is 357 g/mol. The smallest absolute Gasteiger partial charge is 0.480 e. The van der Waals surface area contributed by atoms with E-state index in [2.05, 4.69) is 12.2 Å². The van der Waals surface area contributed by atoms with Gasteiger partial charge in [-0.05, 0) is 38.0 Å². The summed E-state index contributed by atoms with van der Waals surface area (Å²) in [5.41, 5.74) is 0. The lowest BCUT2D eigenvalue weighted by Gasteiger charge is -2.34. The van der Waals surface area contributed by atoms with Crippen molar-refractivity contribution in [3.63, 3.8) is 0 Å². The second-order valence-corrected chi connectivity index (χ2v) is 6.20. The van der Waals surface area contributed by atoms with E-state index in [0.29, 0.717) is 18.8 Å². The van der Waals surface area contributed by atoms with Gasteiger partial charge in [0.25, 0.3) is 0 Å². The number of aliphatic hydroxyl groups is 1. The minimum Gasteiger partial charge on any atom is -0.480 e. The van der Waals surface area contributed by atoms with Crippen molar-refractivity contribution in [2.45, 2.75) is 50.4 Å². The Morgan fingerprint density at radius 3 is 2.23 bits per heavy atom. The molecule has 146 valence electrons. The van der Waals surface area contributed by atoms with Gasteiger partial charge >= 0.3 is 18.1 Å². The lowest BCUT2D eigenvalue weighted by Crippen LogP contribution is -2.44. The van der Waals surface area contributed by atoms with Gasteiger partial charge in [-0.3, -0.25) is 4.90 Å². The highest BCUT2D eigenvalue weighted by Crippen LogP contribution is 2.36. The number of halogens is 3. The zero-order chi connectivity index (χ0) is 19.9. The molecule has 1 aliphatic carbocycles. The third kappa shape index (κ3) is 5.62. The minimum absolute atomic E-state index is 0.00560. The van der Waals surface area contributed by atoms with Gasteiger partial charge in [-0.25, -0.2) is 9.59 Å². The molecule has 1 aliphatic heterocycles. The molecule has 1 heterocycles. The van der Waals surface area contributed by atoms with E-state index in [1.165, 1.54) is 4.90 Å². The van der Waals surface area contributed by atoms with E-state index < -0.39 is 24.2 Å². The molecule has 4 unspecified atom stereocenters. The van der Waals surface area contributed by atoms with Crippen LogP contribution in [0.3, 0.4) is 0 Å². The maximum absolute atomic E-state index is 11.1. The molecule has 0 bridgehead atoms. The second kappa shape index (κ2) is 9.43. The summed E-state index contributed by atoms with van der Waals surface area (Å²) in [6, 6.07) is -0.851. The highest BCUT2D eigenvalue weighted by Gasteiger charge is 2.43. The fourth-order valence-electron chi connectivity index (χ4n) is 3.44. The molecule has 10 heteroatoms. The van der Waals surface area contributed by atoms with Crippen molar-refractivity contribution in [1.82, 2.24) is 4.90 Å². The van der Waals surface area contributed by atoms with Crippen molar-refractivity contribution in [3.05, 3.63) is 12.2 Å². The Bertz CT molecular complexity index is 573. The molecule has 4 atom stereocenters. The number of nitriles is 1. The summed E-state index contributed by atoms with van der Waals surface area (Å²) >= 11 is 0. The maximum atomic E-state index is 11.1. The molecular formula is C16H21F3N2O5. The number of hydrogen-bond donors (Lipinski definition) is 3. The van der Waals surface area contributed by atoms with Crippen molar-refractivity contribution in [2.75, 3.05) is 6.61 Å². The predicted octanol–water partition coefficient (Wildman–Crippen LogP) is 1.98. The van der Waals surface area contributed by atoms with Crippen LogP contribution in [0.25, 0.3) is 0 Å². The summed E-state index contributed by atoms with van der Waals surface area (Å²) in [6.07, 6.45) is 5.30. The number of carboxylic acid groups (broad SMARTS) is 2. The van der Waals surface area contributed by atoms with Crippen molar-refractivity contribution >= 4 is 11.9 Å². The Kier molecular flexibility index (Phi) is 7.89. The van der Waals surface area contributed by atoms with Crippen molar-refractivity contribution < 1.29 is 38.1 Å². The standard InChI is InChI=1S/C14H20N2O3.C2HF3O2/c15-9-16-12(6-7-13(16)14(18)19)11(8-17)10-4-2-1-3-5-10;3-2(4,5)1(6)7/h1-2,10-13,17H,3-8H2,(H,18,19);(H,6,7). The molecule has 1 saturated heterocycles. The zero-order valence-corrected chi connectivity index (χ0v) is 13.9. The van der Waals surface area contributed by atoms with Gasteiger partial charge in [-0.1, -0.05) is 12.2 Å². The van der Waals surface area contributed by atoms with Gasteiger partial charge in [0.2, 0.25) is 0 Å². The van der Waals surface area contributed by atoms with Crippen LogP contribution in [0.1, 0.15) is 32.1 Å². The third-order valence-electron chi connectivity index (χ3n) is 4.69. The van der Waals surface area contributed by atoms with Crippen LogP contribution in [-0.4, -0.2) is 57.0 Å². The number of allylic oxidation sites excluding steroid dienone is 2. The van der Waals surface area contributed by atoms with Crippen LogP contribution in [0.2, 0.25) is 0 Å². The molecule has 0 spiro atoms. The average molecular weight is 378 g/mol. The molecule has 2 rings (SSSR count).